The highest BCUT2D eigenvalue weighted by Gasteiger charge is 2.55. The summed E-state index contributed by atoms with van der Waals surface area (Å²) in [6.07, 6.45) is 2.02. The number of carbonyl (C=O) groups excluding carboxylic acids is 2. The lowest BCUT2D eigenvalue weighted by molar-refractivity contribution is -0.131. The minimum Gasteiger partial charge on any atom is -0.492 e. The van der Waals surface area contributed by atoms with Gasteiger partial charge in [-0.05, 0) is 50.3 Å². The molecule has 2 aliphatic rings. The van der Waals surface area contributed by atoms with Crippen LogP contribution in [0.3, 0.4) is 0 Å². The van der Waals surface area contributed by atoms with Crippen LogP contribution in [-0.4, -0.2) is 35.5 Å². The van der Waals surface area contributed by atoms with Crippen LogP contribution in [0.4, 0.5) is 4.79 Å². The van der Waals surface area contributed by atoms with Crippen molar-refractivity contribution in [3.05, 3.63) is 29.8 Å². The number of rotatable bonds is 5. The first-order valence-electron chi connectivity index (χ1n) is 7.34. The Kier molecular flexibility index (Phi) is 3.35. The number of urea groups is 1. The SMILES string of the molecule is Cc1cccc(OCCN2C(=O)NC(C)(C3CC3)C2=O)c1. The van der Waals surface area contributed by atoms with Crippen LogP contribution in [0.15, 0.2) is 24.3 Å². The van der Waals surface area contributed by atoms with Crippen LogP contribution in [-0.2, 0) is 4.79 Å². The van der Waals surface area contributed by atoms with Crippen molar-refractivity contribution in [3.8, 4) is 5.75 Å². The van der Waals surface area contributed by atoms with E-state index in [1.807, 2.05) is 38.1 Å². The molecule has 1 aliphatic carbocycles. The van der Waals surface area contributed by atoms with Crippen molar-refractivity contribution < 1.29 is 14.3 Å². The maximum Gasteiger partial charge on any atom is 0.325 e. The van der Waals surface area contributed by atoms with Crippen molar-refractivity contribution >= 4 is 11.9 Å². The van der Waals surface area contributed by atoms with Crippen LogP contribution in [0.5, 0.6) is 5.75 Å². The molecule has 1 N–H and O–H groups in total. The highest BCUT2D eigenvalue weighted by molar-refractivity contribution is 6.07. The molecule has 1 aliphatic heterocycles. The van der Waals surface area contributed by atoms with Crippen molar-refractivity contribution in [1.29, 1.82) is 0 Å². The molecule has 1 heterocycles. The summed E-state index contributed by atoms with van der Waals surface area (Å²) in [5, 5.41) is 2.83. The first-order valence-corrected chi connectivity index (χ1v) is 7.34. The number of hydrogen-bond acceptors (Lipinski definition) is 3. The number of carbonyl (C=O) groups is 2. The zero-order chi connectivity index (χ0) is 15.0. The summed E-state index contributed by atoms with van der Waals surface area (Å²) in [6.45, 7) is 4.40. The third kappa shape index (κ3) is 2.60. The highest BCUT2D eigenvalue weighted by atomic mass is 16.5. The molecule has 5 nitrogen and oxygen atoms in total. The zero-order valence-corrected chi connectivity index (χ0v) is 12.4. The van der Waals surface area contributed by atoms with Crippen LogP contribution in [0.2, 0.25) is 0 Å². The topological polar surface area (TPSA) is 58.6 Å². The summed E-state index contributed by atoms with van der Waals surface area (Å²) < 4.78 is 5.62. The Hall–Kier alpha value is -2.04. The molecule has 1 aromatic carbocycles. The number of nitrogens with one attached hydrogen (secondary N) is 1. The summed E-state index contributed by atoms with van der Waals surface area (Å²) in [5.41, 5.74) is 0.407. The van der Waals surface area contributed by atoms with Crippen molar-refractivity contribution in [2.45, 2.75) is 32.2 Å². The monoisotopic (exact) mass is 288 g/mol. The molecule has 21 heavy (non-hydrogen) atoms. The van der Waals surface area contributed by atoms with E-state index in [2.05, 4.69) is 5.32 Å². The van der Waals surface area contributed by atoms with Crippen molar-refractivity contribution in [3.63, 3.8) is 0 Å². The highest BCUT2D eigenvalue weighted by Crippen LogP contribution is 2.42. The first-order chi connectivity index (χ1) is 10.0. The van der Waals surface area contributed by atoms with E-state index in [1.165, 1.54) is 4.90 Å². The molecule has 1 unspecified atom stereocenters. The fourth-order valence-corrected chi connectivity index (χ4v) is 2.82. The lowest BCUT2D eigenvalue weighted by Gasteiger charge is -2.21. The molecule has 5 heteroatoms. The maximum absolute atomic E-state index is 12.4. The second-order valence-corrected chi connectivity index (χ2v) is 6.03. The Balaban J connectivity index is 1.58. The van der Waals surface area contributed by atoms with E-state index < -0.39 is 5.54 Å². The number of imide groups is 1. The number of ether oxygens (including phenoxy) is 1. The van der Waals surface area contributed by atoms with Gasteiger partial charge in [0.2, 0.25) is 0 Å². The van der Waals surface area contributed by atoms with Crippen LogP contribution in [0, 0.1) is 12.8 Å². The predicted octanol–water partition coefficient (Wildman–Crippen LogP) is 2.09. The van der Waals surface area contributed by atoms with Gasteiger partial charge in [-0.1, -0.05) is 12.1 Å². The van der Waals surface area contributed by atoms with Gasteiger partial charge in [0.15, 0.2) is 0 Å². The third-order valence-electron chi connectivity index (χ3n) is 4.27. The fourth-order valence-electron chi connectivity index (χ4n) is 2.82. The minimum atomic E-state index is -0.708. The van der Waals surface area contributed by atoms with Crippen LogP contribution >= 0.6 is 0 Å². The van der Waals surface area contributed by atoms with Gasteiger partial charge in [0, 0.05) is 0 Å². The van der Waals surface area contributed by atoms with Gasteiger partial charge < -0.3 is 10.1 Å². The molecule has 1 atom stereocenters. The predicted molar refractivity (Wildman–Crippen MR) is 78.0 cm³/mol. The third-order valence-corrected chi connectivity index (χ3v) is 4.27. The number of benzene rings is 1. The molecular weight excluding hydrogens is 268 g/mol. The van der Waals surface area contributed by atoms with Gasteiger partial charge in [0.25, 0.3) is 5.91 Å². The zero-order valence-electron chi connectivity index (χ0n) is 12.4. The van der Waals surface area contributed by atoms with Gasteiger partial charge in [-0.3, -0.25) is 9.69 Å². The average Bonchev–Trinajstić information content (AvgIpc) is 3.24. The molecule has 3 amide bonds. The molecule has 0 spiro atoms. The van der Waals surface area contributed by atoms with Crippen molar-refractivity contribution in [2.24, 2.45) is 5.92 Å². The Morgan fingerprint density at radius 2 is 2.14 bits per heavy atom. The molecule has 2 fully saturated rings. The molecule has 3 rings (SSSR count). The van der Waals surface area contributed by atoms with Gasteiger partial charge in [-0.15, -0.1) is 0 Å². The molecule has 0 bridgehead atoms. The molecule has 0 aromatic heterocycles. The maximum atomic E-state index is 12.4. The normalized spacial score (nSPS) is 25.1. The summed E-state index contributed by atoms with van der Waals surface area (Å²) >= 11 is 0. The van der Waals surface area contributed by atoms with Gasteiger partial charge in [-0.25, -0.2) is 4.79 Å². The Labute approximate surface area is 124 Å². The Bertz CT molecular complexity index is 583. The average molecular weight is 288 g/mol. The molecule has 1 saturated carbocycles. The van der Waals surface area contributed by atoms with E-state index in [4.69, 9.17) is 4.74 Å². The Morgan fingerprint density at radius 1 is 1.38 bits per heavy atom. The molecule has 1 aromatic rings. The number of amides is 3. The summed E-state index contributed by atoms with van der Waals surface area (Å²) in [4.78, 5) is 25.6. The van der Waals surface area contributed by atoms with Crippen molar-refractivity contribution in [2.75, 3.05) is 13.2 Å². The molecular formula is C16H20N2O3. The second-order valence-electron chi connectivity index (χ2n) is 6.03. The van der Waals surface area contributed by atoms with E-state index in [9.17, 15) is 9.59 Å². The standard InChI is InChI=1S/C16H20N2O3/c1-11-4-3-5-13(10-11)21-9-8-18-14(19)16(2,12-6-7-12)17-15(18)20/h3-5,10,12H,6-9H2,1-2H3,(H,17,20). The number of aryl methyl sites for hydroxylation is 1. The van der Waals surface area contributed by atoms with E-state index in [0.29, 0.717) is 6.61 Å². The Morgan fingerprint density at radius 3 is 2.81 bits per heavy atom. The van der Waals surface area contributed by atoms with Gasteiger partial charge >= 0.3 is 6.03 Å². The largest absolute Gasteiger partial charge is 0.492 e. The van der Waals surface area contributed by atoms with E-state index in [0.717, 1.165) is 24.2 Å². The van der Waals surface area contributed by atoms with Crippen molar-refractivity contribution in [1.82, 2.24) is 10.2 Å². The van der Waals surface area contributed by atoms with Gasteiger partial charge in [0.05, 0.1) is 6.54 Å². The summed E-state index contributed by atoms with van der Waals surface area (Å²) in [7, 11) is 0. The summed E-state index contributed by atoms with van der Waals surface area (Å²) in [6, 6.07) is 7.41. The second kappa shape index (κ2) is 5.06. The lowest BCUT2D eigenvalue weighted by Crippen LogP contribution is -2.46. The van der Waals surface area contributed by atoms with E-state index in [-0.39, 0.29) is 24.4 Å². The van der Waals surface area contributed by atoms with E-state index >= 15 is 0 Å². The quantitative estimate of drug-likeness (QED) is 0.844. The lowest BCUT2D eigenvalue weighted by atomic mass is 9.96. The van der Waals surface area contributed by atoms with E-state index in [1.54, 1.807) is 0 Å². The van der Waals surface area contributed by atoms with Crippen LogP contribution < -0.4 is 10.1 Å². The fraction of sp³-hybridized carbons (Fsp3) is 0.500. The first kappa shape index (κ1) is 13.9. The minimum absolute atomic E-state index is 0.122. The number of nitrogens with zero attached hydrogens (tertiary/aromatic N) is 1. The molecule has 112 valence electrons. The van der Waals surface area contributed by atoms with Gasteiger partial charge in [0.1, 0.15) is 17.9 Å². The smallest absolute Gasteiger partial charge is 0.325 e. The van der Waals surface area contributed by atoms with Crippen LogP contribution in [0.25, 0.3) is 0 Å². The number of hydrogen-bond donors (Lipinski definition) is 1. The molecule has 0 radical (unpaired) electrons. The molecule has 1 saturated heterocycles. The van der Waals surface area contributed by atoms with Crippen LogP contribution in [0.1, 0.15) is 25.3 Å². The summed E-state index contributed by atoms with van der Waals surface area (Å²) in [5.74, 6) is 0.923. The van der Waals surface area contributed by atoms with Gasteiger partial charge in [-0.2, -0.15) is 0 Å².